The van der Waals surface area contributed by atoms with Gasteiger partial charge in [-0.15, -0.1) is 11.6 Å². The van der Waals surface area contributed by atoms with Crippen LogP contribution < -0.4 is 5.32 Å². The minimum atomic E-state index is 0.433. The third kappa shape index (κ3) is 4.68. The van der Waals surface area contributed by atoms with Crippen LogP contribution in [0.1, 0.15) is 32.6 Å². The van der Waals surface area contributed by atoms with Crippen LogP contribution in [0.4, 0.5) is 0 Å². The largest absolute Gasteiger partial charge is 0.313 e. The summed E-state index contributed by atoms with van der Waals surface area (Å²) in [7, 11) is 0. The van der Waals surface area contributed by atoms with Gasteiger partial charge in [0, 0.05) is 11.9 Å². The second kappa shape index (κ2) is 6.44. The second-order valence-electron chi connectivity index (χ2n) is 3.86. The van der Waals surface area contributed by atoms with E-state index < -0.39 is 0 Å². The molecule has 1 aliphatic rings. The summed E-state index contributed by atoms with van der Waals surface area (Å²) in [6.45, 7) is 4.19. The van der Waals surface area contributed by atoms with Crippen molar-refractivity contribution in [3.63, 3.8) is 0 Å². The average molecular weight is 202 g/mol. The molecular weight excluding hydrogens is 182 g/mol. The first-order chi connectivity index (χ1) is 6.33. The molecule has 2 atom stereocenters. The van der Waals surface area contributed by atoms with Crippen LogP contribution >= 0.6 is 11.6 Å². The highest BCUT2D eigenvalue weighted by Crippen LogP contribution is 2.27. The van der Waals surface area contributed by atoms with E-state index in [1.54, 1.807) is 0 Å². The highest BCUT2D eigenvalue weighted by atomic mass is 35.5. The number of hydrogen-bond acceptors (Lipinski definition) is 1. The lowest BCUT2D eigenvalue weighted by Crippen LogP contribution is -2.27. The molecule has 1 saturated carbocycles. The van der Waals surface area contributed by atoms with Crippen LogP contribution in [-0.2, 0) is 0 Å². The fraction of sp³-hybridized carbons (Fsp3) is 0.818. The zero-order valence-electron chi connectivity index (χ0n) is 8.43. The fourth-order valence-electron chi connectivity index (χ4n) is 1.90. The van der Waals surface area contributed by atoms with Crippen molar-refractivity contribution < 1.29 is 0 Å². The van der Waals surface area contributed by atoms with Gasteiger partial charge in [0.05, 0.1) is 0 Å². The molecule has 0 aromatic carbocycles. The van der Waals surface area contributed by atoms with E-state index in [-0.39, 0.29) is 0 Å². The maximum absolute atomic E-state index is 6.11. The van der Waals surface area contributed by atoms with E-state index in [2.05, 4.69) is 24.4 Å². The zero-order valence-corrected chi connectivity index (χ0v) is 9.19. The number of alkyl halides is 1. The van der Waals surface area contributed by atoms with Gasteiger partial charge >= 0.3 is 0 Å². The first-order valence-corrected chi connectivity index (χ1v) is 5.72. The van der Waals surface area contributed by atoms with Crippen molar-refractivity contribution in [3.8, 4) is 0 Å². The van der Waals surface area contributed by atoms with Crippen molar-refractivity contribution in [1.29, 1.82) is 0 Å². The summed E-state index contributed by atoms with van der Waals surface area (Å²) in [5.74, 6) is 0.807. The van der Waals surface area contributed by atoms with Gasteiger partial charge in [-0.25, -0.2) is 0 Å². The van der Waals surface area contributed by atoms with E-state index in [1.165, 1.54) is 25.7 Å². The Kier molecular flexibility index (Phi) is 5.49. The van der Waals surface area contributed by atoms with Crippen molar-refractivity contribution in [1.82, 2.24) is 5.32 Å². The monoisotopic (exact) mass is 201 g/mol. The highest BCUT2D eigenvalue weighted by molar-refractivity contribution is 6.20. The molecule has 1 fully saturated rings. The number of rotatable bonds is 4. The molecule has 2 unspecified atom stereocenters. The Bertz CT molecular complexity index is 156. The molecule has 1 N–H and O–H groups in total. The average Bonchev–Trinajstić information content (AvgIpc) is 2.13. The van der Waals surface area contributed by atoms with Crippen LogP contribution in [0.25, 0.3) is 0 Å². The van der Waals surface area contributed by atoms with E-state index in [0.717, 1.165) is 19.0 Å². The van der Waals surface area contributed by atoms with Gasteiger partial charge in [-0.1, -0.05) is 18.6 Å². The number of nitrogens with one attached hydrogen (secondary N) is 1. The second-order valence-corrected chi connectivity index (χ2v) is 4.47. The van der Waals surface area contributed by atoms with Crippen LogP contribution in [0.15, 0.2) is 12.2 Å². The summed E-state index contributed by atoms with van der Waals surface area (Å²) in [5, 5.41) is 3.86. The highest BCUT2D eigenvalue weighted by Gasteiger charge is 2.19. The topological polar surface area (TPSA) is 12.0 Å². The summed E-state index contributed by atoms with van der Waals surface area (Å²) >= 11 is 6.11. The van der Waals surface area contributed by atoms with E-state index in [4.69, 9.17) is 11.6 Å². The molecule has 13 heavy (non-hydrogen) atoms. The number of halogens is 1. The Hall–Kier alpha value is -0.0100. The molecule has 1 aliphatic carbocycles. The van der Waals surface area contributed by atoms with Gasteiger partial charge in [-0.2, -0.15) is 0 Å². The molecule has 0 amide bonds. The SMILES string of the molecule is C/C=C/CNCC1CCCC(Cl)C1. The van der Waals surface area contributed by atoms with Crippen molar-refractivity contribution in [2.24, 2.45) is 5.92 Å². The molecule has 0 saturated heterocycles. The van der Waals surface area contributed by atoms with Crippen molar-refractivity contribution in [2.45, 2.75) is 38.0 Å². The Labute approximate surface area is 86.5 Å². The van der Waals surface area contributed by atoms with E-state index in [0.29, 0.717) is 5.38 Å². The van der Waals surface area contributed by atoms with Crippen LogP contribution in [-0.4, -0.2) is 18.5 Å². The molecule has 0 heterocycles. The van der Waals surface area contributed by atoms with E-state index in [9.17, 15) is 0 Å². The third-order valence-corrected chi connectivity index (χ3v) is 3.05. The van der Waals surface area contributed by atoms with E-state index in [1.807, 2.05) is 0 Å². The lowest BCUT2D eigenvalue weighted by atomic mass is 9.89. The van der Waals surface area contributed by atoms with Crippen LogP contribution in [0.5, 0.6) is 0 Å². The molecule has 1 rings (SSSR count). The summed E-state index contributed by atoms with van der Waals surface area (Å²) in [5.41, 5.74) is 0. The summed E-state index contributed by atoms with van der Waals surface area (Å²) < 4.78 is 0. The smallest absolute Gasteiger partial charge is 0.0339 e. The molecule has 0 aromatic rings. The minimum Gasteiger partial charge on any atom is -0.313 e. The summed E-state index contributed by atoms with van der Waals surface area (Å²) in [4.78, 5) is 0. The Morgan fingerprint density at radius 2 is 2.31 bits per heavy atom. The van der Waals surface area contributed by atoms with Crippen LogP contribution in [0.2, 0.25) is 0 Å². The van der Waals surface area contributed by atoms with Gasteiger partial charge in [0.2, 0.25) is 0 Å². The van der Waals surface area contributed by atoms with Gasteiger partial charge in [-0.3, -0.25) is 0 Å². The lowest BCUT2D eigenvalue weighted by Gasteiger charge is -2.25. The maximum atomic E-state index is 6.11. The van der Waals surface area contributed by atoms with Crippen molar-refractivity contribution in [3.05, 3.63) is 12.2 Å². The Morgan fingerprint density at radius 1 is 1.46 bits per heavy atom. The standard InChI is InChI=1S/C11H20ClN/c1-2-3-7-13-9-10-5-4-6-11(12)8-10/h2-3,10-11,13H,4-9H2,1H3/b3-2+. The molecule has 1 nitrogen and oxygen atoms in total. The maximum Gasteiger partial charge on any atom is 0.0339 e. The quantitative estimate of drug-likeness (QED) is 0.419. The summed E-state index contributed by atoms with van der Waals surface area (Å²) in [6.07, 6.45) is 9.31. The van der Waals surface area contributed by atoms with E-state index >= 15 is 0 Å². The third-order valence-electron chi connectivity index (χ3n) is 2.65. The molecule has 0 aromatic heterocycles. The summed E-state index contributed by atoms with van der Waals surface area (Å²) in [6, 6.07) is 0. The number of hydrogen-bond donors (Lipinski definition) is 1. The molecule has 0 radical (unpaired) electrons. The Morgan fingerprint density at radius 3 is 3.00 bits per heavy atom. The lowest BCUT2D eigenvalue weighted by molar-refractivity contribution is 0.351. The molecule has 0 bridgehead atoms. The molecule has 0 spiro atoms. The van der Waals surface area contributed by atoms with Crippen LogP contribution in [0.3, 0.4) is 0 Å². The first-order valence-electron chi connectivity index (χ1n) is 5.29. The van der Waals surface area contributed by atoms with Gasteiger partial charge in [0.25, 0.3) is 0 Å². The predicted molar refractivity (Wildman–Crippen MR) is 59.3 cm³/mol. The molecular formula is C11H20ClN. The Balaban J connectivity index is 2.06. The number of allylic oxidation sites excluding steroid dienone is 1. The van der Waals surface area contributed by atoms with Crippen molar-refractivity contribution >= 4 is 11.6 Å². The van der Waals surface area contributed by atoms with Gasteiger partial charge in [0.15, 0.2) is 0 Å². The molecule has 0 aliphatic heterocycles. The fourth-order valence-corrected chi connectivity index (χ4v) is 2.31. The first kappa shape index (κ1) is 11.1. The zero-order chi connectivity index (χ0) is 9.52. The molecule has 76 valence electrons. The van der Waals surface area contributed by atoms with Crippen LogP contribution in [0, 0.1) is 5.92 Å². The van der Waals surface area contributed by atoms with Gasteiger partial charge < -0.3 is 5.32 Å². The van der Waals surface area contributed by atoms with Gasteiger partial charge in [0.1, 0.15) is 0 Å². The van der Waals surface area contributed by atoms with Crippen molar-refractivity contribution in [2.75, 3.05) is 13.1 Å². The minimum absolute atomic E-state index is 0.433. The predicted octanol–water partition coefficient (Wildman–Crippen LogP) is 2.95. The molecule has 2 heteroatoms. The van der Waals surface area contributed by atoms with Gasteiger partial charge in [-0.05, 0) is 38.6 Å². The normalized spacial score (nSPS) is 29.7.